The van der Waals surface area contributed by atoms with Crippen LogP contribution in [0.2, 0.25) is 5.15 Å². The number of halogens is 1. The molecule has 3 aromatic rings. The highest BCUT2D eigenvalue weighted by Gasteiger charge is 2.17. The van der Waals surface area contributed by atoms with E-state index in [1.165, 1.54) is 13.4 Å². The summed E-state index contributed by atoms with van der Waals surface area (Å²) < 4.78 is 16.3. The third-order valence-electron chi connectivity index (χ3n) is 3.66. The van der Waals surface area contributed by atoms with E-state index in [1.54, 1.807) is 48.7 Å². The third kappa shape index (κ3) is 5.20. The van der Waals surface area contributed by atoms with Crippen molar-refractivity contribution in [1.29, 1.82) is 0 Å². The molecule has 9 heteroatoms. The van der Waals surface area contributed by atoms with Crippen molar-refractivity contribution in [2.24, 2.45) is 0 Å². The molecule has 0 aliphatic heterocycles. The van der Waals surface area contributed by atoms with Gasteiger partial charge in [0, 0.05) is 17.8 Å². The smallest absolute Gasteiger partial charge is 0.339 e. The number of hydrogen-bond donors (Lipinski definition) is 1. The van der Waals surface area contributed by atoms with Crippen LogP contribution >= 0.6 is 11.6 Å². The third-order valence-corrected chi connectivity index (χ3v) is 3.94. The average molecular weight is 414 g/mol. The standard InChI is InChI=1S/C20H16ClN3O5/c1-27-11-15(20(25)26)14-5-2-3-6-16(14)29-18-9-13(23-12-24-18)10-28-17-7-4-8-22-19(17)21/h2-9,11-12H,10H2,1H3,(H,25,26)/b15-11+. The maximum atomic E-state index is 11.5. The zero-order valence-corrected chi connectivity index (χ0v) is 16.0. The first-order chi connectivity index (χ1) is 14.1. The van der Waals surface area contributed by atoms with Crippen LogP contribution in [0.1, 0.15) is 11.3 Å². The first kappa shape index (κ1) is 20.1. The molecular formula is C20H16ClN3O5. The molecule has 0 radical (unpaired) electrons. The van der Waals surface area contributed by atoms with Gasteiger partial charge >= 0.3 is 5.97 Å². The van der Waals surface area contributed by atoms with Crippen molar-refractivity contribution in [2.45, 2.75) is 6.61 Å². The Labute approximate surface area is 171 Å². The molecule has 0 fully saturated rings. The Morgan fingerprint density at radius 2 is 1.93 bits per heavy atom. The summed E-state index contributed by atoms with van der Waals surface area (Å²) in [5.41, 5.74) is 0.839. The lowest BCUT2D eigenvalue weighted by atomic mass is 10.1. The Kier molecular flexibility index (Phi) is 6.59. The summed E-state index contributed by atoms with van der Waals surface area (Å²) in [6.07, 6.45) is 4.03. The molecule has 1 N–H and O–H groups in total. The molecule has 2 aromatic heterocycles. The lowest BCUT2D eigenvalue weighted by Crippen LogP contribution is -2.03. The molecule has 3 rings (SSSR count). The van der Waals surface area contributed by atoms with Crippen molar-refractivity contribution in [3.05, 3.63) is 77.7 Å². The molecule has 8 nitrogen and oxygen atoms in total. The number of methoxy groups -OCH3 is 1. The number of nitrogens with zero attached hydrogens (tertiary/aromatic N) is 3. The number of hydrogen-bond acceptors (Lipinski definition) is 7. The fourth-order valence-electron chi connectivity index (χ4n) is 2.38. The minimum absolute atomic E-state index is 0.0491. The molecular weight excluding hydrogens is 398 g/mol. The lowest BCUT2D eigenvalue weighted by molar-refractivity contribution is -0.130. The van der Waals surface area contributed by atoms with Gasteiger partial charge in [-0.2, -0.15) is 0 Å². The van der Waals surface area contributed by atoms with E-state index in [-0.39, 0.29) is 23.2 Å². The van der Waals surface area contributed by atoms with Crippen LogP contribution in [0.4, 0.5) is 0 Å². The number of ether oxygens (including phenoxy) is 3. The van der Waals surface area contributed by atoms with Crippen LogP contribution in [0, 0.1) is 0 Å². The molecule has 1 aromatic carbocycles. The quantitative estimate of drug-likeness (QED) is 0.336. The van der Waals surface area contributed by atoms with Crippen molar-refractivity contribution < 1.29 is 24.1 Å². The van der Waals surface area contributed by atoms with Gasteiger partial charge in [0.15, 0.2) is 10.9 Å². The van der Waals surface area contributed by atoms with E-state index in [9.17, 15) is 9.90 Å². The number of carboxylic acids is 1. The number of rotatable bonds is 8. The molecule has 0 aliphatic carbocycles. The van der Waals surface area contributed by atoms with E-state index in [4.69, 9.17) is 25.8 Å². The van der Waals surface area contributed by atoms with Gasteiger partial charge in [-0.3, -0.25) is 0 Å². The maximum absolute atomic E-state index is 11.5. The van der Waals surface area contributed by atoms with E-state index in [0.29, 0.717) is 22.8 Å². The Balaban J connectivity index is 1.80. The highest BCUT2D eigenvalue weighted by molar-refractivity contribution is 6.30. The summed E-state index contributed by atoms with van der Waals surface area (Å²) >= 11 is 5.97. The number of aliphatic carboxylic acids is 1. The van der Waals surface area contributed by atoms with Gasteiger partial charge in [-0.05, 0) is 18.2 Å². The van der Waals surface area contributed by atoms with Gasteiger partial charge in [-0.1, -0.05) is 29.8 Å². The van der Waals surface area contributed by atoms with Crippen molar-refractivity contribution in [3.63, 3.8) is 0 Å². The molecule has 0 atom stereocenters. The zero-order valence-electron chi connectivity index (χ0n) is 15.3. The van der Waals surface area contributed by atoms with Crippen LogP contribution in [0.3, 0.4) is 0 Å². The Hall–Kier alpha value is -3.65. The Bertz CT molecular complexity index is 1040. The largest absolute Gasteiger partial charge is 0.503 e. The molecule has 29 heavy (non-hydrogen) atoms. The highest BCUT2D eigenvalue weighted by atomic mass is 35.5. The van der Waals surface area contributed by atoms with Crippen LogP contribution in [0.25, 0.3) is 5.57 Å². The van der Waals surface area contributed by atoms with Crippen LogP contribution in [-0.2, 0) is 16.1 Å². The summed E-state index contributed by atoms with van der Waals surface area (Å²) in [7, 11) is 1.37. The minimum atomic E-state index is -1.15. The highest BCUT2D eigenvalue weighted by Crippen LogP contribution is 2.30. The topological polar surface area (TPSA) is 104 Å². The van der Waals surface area contributed by atoms with Gasteiger partial charge in [0.25, 0.3) is 0 Å². The first-order valence-corrected chi connectivity index (χ1v) is 8.74. The van der Waals surface area contributed by atoms with Gasteiger partial charge < -0.3 is 19.3 Å². The minimum Gasteiger partial charge on any atom is -0.503 e. The SMILES string of the molecule is CO/C=C(/C(=O)O)c1ccccc1Oc1cc(COc2cccnc2Cl)ncn1. The zero-order chi connectivity index (χ0) is 20.6. The van der Waals surface area contributed by atoms with Crippen molar-refractivity contribution in [1.82, 2.24) is 15.0 Å². The van der Waals surface area contributed by atoms with Crippen molar-refractivity contribution >= 4 is 23.1 Å². The first-order valence-electron chi connectivity index (χ1n) is 8.36. The second kappa shape index (κ2) is 9.52. The number of carboxylic acid groups (broad SMARTS) is 1. The number of aromatic nitrogens is 3. The van der Waals surface area contributed by atoms with E-state index < -0.39 is 5.97 Å². The van der Waals surface area contributed by atoms with Gasteiger partial charge in [-0.25, -0.2) is 19.7 Å². The van der Waals surface area contributed by atoms with Gasteiger partial charge in [-0.15, -0.1) is 0 Å². The van der Waals surface area contributed by atoms with E-state index >= 15 is 0 Å². The predicted octanol–water partition coefficient (Wildman–Crippen LogP) is 3.97. The molecule has 0 bridgehead atoms. The van der Waals surface area contributed by atoms with Crippen LogP contribution in [0.15, 0.2) is 61.3 Å². The summed E-state index contributed by atoms with van der Waals surface area (Å²) in [6, 6.07) is 11.7. The number of carbonyl (C=O) groups is 1. The van der Waals surface area contributed by atoms with Gasteiger partial charge in [0.05, 0.1) is 19.1 Å². The van der Waals surface area contributed by atoms with E-state index in [2.05, 4.69) is 15.0 Å². The summed E-state index contributed by atoms with van der Waals surface area (Å²) in [6.45, 7) is 0.121. The van der Waals surface area contributed by atoms with Crippen LogP contribution in [0.5, 0.6) is 17.4 Å². The fraction of sp³-hybridized carbons (Fsp3) is 0.100. The molecule has 148 valence electrons. The Morgan fingerprint density at radius 1 is 1.14 bits per heavy atom. The molecule has 0 spiro atoms. The second-order valence-electron chi connectivity index (χ2n) is 5.60. The van der Waals surface area contributed by atoms with Crippen LogP contribution in [-0.4, -0.2) is 33.1 Å². The second-order valence-corrected chi connectivity index (χ2v) is 5.96. The predicted molar refractivity (Wildman–Crippen MR) is 105 cm³/mol. The number of benzene rings is 1. The molecule has 0 aliphatic rings. The molecule has 0 saturated carbocycles. The fourth-order valence-corrected chi connectivity index (χ4v) is 2.55. The van der Waals surface area contributed by atoms with Crippen molar-refractivity contribution in [3.8, 4) is 17.4 Å². The van der Waals surface area contributed by atoms with E-state index in [1.807, 2.05) is 0 Å². The van der Waals surface area contributed by atoms with Crippen molar-refractivity contribution in [2.75, 3.05) is 7.11 Å². The maximum Gasteiger partial charge on any atom is 0.339 e. The normalized spacial score (nSPS) is 11.0. The molecule has 0 unspecified atom stereocenters. The molecule has 2 heterocycles. The summed E-state index contributed by atoms with van der Waals surface area (Å²) in [4.78, 5) is 23.7. The van der Waals surface area contributed by atoms with Gasteiger partial charge in [0.1, 0.15) is 24.3 Å². The van der Waals surface area contributed by atoms with Gasteiger partial charge in [0.2, 0.25) is 5.88 Å². The lowest BCUT2D eigenvalue weighted by Gasteiger charge is -2.12. The Morgan fingerprint density at radius 3 is 2.69 bits per heavy atom. The molecule has 0 amide bonds. The van der Waals surface area contributed by atoms with E-state index in [0.717, 1.165) is 6.26 Å². The monoisotopic (exact) mass is 413 g/mol. The number of pyridine rings is 1. The number of para-hydroxylation sites is 1. The average Bonchev–Trinajstić information content (AvgIpc) is 2.72. The molecule has 0 saturated heterocycles. The summed E-state index contributed by atoms with van der Waals surface area (Å²) in [5.74, 6) is -0.186. The van der Waals surface area contributed by atoms with Crippen LogP contribution < -0.4 is 9.47 Å². The summed E-state index contributed by atoms with van der Waals surface area (Å²) in [5, 5.41) is 9.68.